The zero-order valence-corrected chi connectivity index (χ0v) is 17.9. The molecule has 1 aromatic carbocycles. The lowest BCUT2D eigenvalue weighted by molar-refractivity contribution is 0.578. The number of nitrogens with one attached hydrogen (secondary N) is 2. The SMILES string of the molecule is CCCCNS(=O)(=O)c1ccc(Nc2nc(-c3sc(C)nc3C)cs2)cc1. The Hall–Kier alpha value is -1.81. The van der Waals surface area contributed by atoms with Crippen LogP contribution in [0.15, 0.2) is 34.5 Å². The Balaban J connectivity index is 1.69. The molecule has 0 amide bonds. The Bertz CT molecular complexity index is 1010. The quantitative estimate of drug-likeness (QED) is 0.514. The van der Waals surface area contributed by atoms with Crippen LogP contribution in [0.3, 0.4) is 0 Å². The van der Waals surface area contributed by atoms with Crippen molar-refractivity contribution in [3.8, 4) is 10.6 Å². The van der Waals surface area contributed by atoms with Crippen LogP contribution in [0.2, 0.25) is 0 Å². The largest absolute Gasteiger partial charge is 0.332 e. The highest BCUT2D eigenvalue weighted by Gasteiger charge is 2.14. The van der Waals surface area contributed by atoms with E-state index in [9.17, 15) is 8.42 Å². The minimum atomic E-state index is -3.45. The van der Waals surface area contributed by atoms with E-state index in [1.54, 1.807) is 35.6 Å². The lowest BCUT2D eigenvalue weighted by Crippen LogP contribution is -2.24. The summed E-state index contributed by atoms with van der Waals surface area (Å²) in [5.41, 5.74) is 2.69. The number of nitrogens with zero attached hydrogens (tertiary/aromatic N) is 2. The standard InChI is InChI=1S/C18H22N4O2S3/c1-4-5-10-19-27(23,24)15-8-6-14(7-9-15)21-18-22-16(11-25-18)17-12(2)20-13(3)26-17/h6-9,11,19H,4-5,10H2,1-3H3,(H,21,22). The lowest BCUT2D eigenvalue weighted by Gasteiger charge is -2.07. The first kappa shape index (κ1) is 19.9. The summed E-state index contributed by atoms with van der Waals surface area (Å²) in [6, 6.07) is 6.69. The first-order valence-corrected chi connectivity index (χ1v) is 11.8. The van der Waals surface area contributed by atoms with E-state index in [1.165, 1.54) is 11.3 Å². The van der Waals surface area contributed by atoms with Crippen molar-refractivity contribution >= 4 is 43.5 Å². The highest BCUT2D eigenvalue weighted by molar-refractivity contribution is 7.89. The molecule has 0 saturated carbocycles. The van der Waals surface area contributed by atoms with E-state index in [0.29, 0.717) is 6.54 Å². The third kappa shape index (κ3) is 4.92. The fourth-order valence-electron chi connectivity index (χ4n) is 2.51. The number of unbranched alkanes of at least 4 members (excludes halogenated alkanes) is 1. The molecular weight excluding hydrogens is 400 g/mol. The normalized spacial score (nSPS) is 11.7. The van der Waals surface area contributed by atoms with Crippen molar-refractivity contribution in [3.63, 3.8) is 0 Å². The van der Waals surface area contributed by atoms with Crippen LogP contribution in [0, 0.1) is 13.8 Å². The molecule has 3 aromatic rings. The lowest BCUT2D eigenvalue weighted by atomic mass is 10.3. The number of hydrogen-bond acceptors (Lipinski definition) is 7. The van der Waals surface area contributed by atoms with Crippen molar-refractivity contribution < 1.29 is 8.42 Å². The monoisotopic (exact) mass is 422 g/mol. The van der Waals surface area contributed by atoms with Crippen molar-refractivity contribution in [3.05, 3.63) is 40.3 Å². The van der Waals surface area contributed by atoms with E-state index in [1.807, 2.05) is 26.2 Å². The molecule has 0 bridgehead atoms. The maximum absolute atomic E-state index is 12.2. The van der Waals surface area contributed by atoms with E-state index in [4.69, 9.17) is 0 Å². The molecule has 0 radical (unpaired) electrons. The molecule has 0 aliphatic carbocycles. The number of hydrogen-bond donors (Lipinski definition) is 2. The van der Waals surface area contributed by atoms with E-state index in [2.05, 4.69) is 20.0 Å². The Morgan fingerprint density at radius 3 is 2.48 bits per heavy atom. The summed E-state index contributed by atoms with van der Waals surface area (Å²) in [5, 5.41) is 7.01. The minimum absolute atomic E-state index is 0.264. The smallest absolute Gasteiger partial charge is 0.240 e. The third-order valence-electron chi connectivity index (χ3n) is 3.88. The Labute approximate surface area is 167 Å². The van der Waals surface area contributed by atoms with Crippen LogP contribution in [0.25, 0.3) is 10.6 Å². The van der Waals surface area contributed by atoms with E-state index in [0.717, 1.165) is 44.9 Å². The van der Waals surface area contributed by atoms with Gasteiger partial charge in [-0.25, -0.2) is 23.1 Å². The molecule has 2 N–H and O–H groups in total. The summed E-state index contributed by atoms with van der Waals surface area (Å²) in [5.74, 6) is 0. The van der Waals surface area contributed by atoms with Gasteiger partial charge in [-0.2, -0.15) is 0 Å². The molecule has 144 valence electrons. The van der Waals surface area contributed by atoms with Crippen molar-refractivity contribution in [1.82, 2.24) is 14.7 Å². The average Bonchev–Trinajstić information content (AvgIpc) is 3.21. The number of thiazole rings is 2. The van der Waals surface area contributed by atoms with Crippen LogP contribution in [-0.2, 0) is 10.0 Å². The van der Waals surface area contributed by atoms with Crippen LogP contribution < -0.4 is 10.0 Å². The molecule has 0 spiro atoms. The van der Waals surface area contributed by atoms with Gasteiger partial charge in [0.15, 0.2) is 5.13 Å². The molecule has 0 aliphatic heterocycles. The highest BCUT2D eigenvalue weighted by atomic mass is 32.2. The van der Waals surface area contributed by atoms with Crippen molar-refractivity contribution in [1.29, 1.82) is 0 Å². The van der Waals surface area contributed by atoms with Gasteiger partial charge in [-0.3, -0.25) is 0 Å². The maximum Gasteiger partial charge on any atom is 0.240 e. The van der Waals surface area contributed by atoms with Gasteiger partial charge in [-0.05, 0) is 44.5 Å². The van der Waals surface area contributed by atoms with Crippen LogP contribution in [-0.4, -0.2) is 24.9 Å². The van der Waals surface area contributed by atoms with Crippen molar-refractivity contribution in [2.45, 2.75) is 38.5 Å². The summed E-state index contributed by atoms with van der Waals surface area (Å²) in [7, 11) is -3.45. The molecule has 0 aliphatic rings. The van der Waals surface area contributed by atoms with Gasteiger partial charge < -0.3 is 5.32 Å². The topological polar surface area (TPSA) is 84.0 Å². The van der Waals surface area contributed by atoms with E-state index < -0.39 is 10.0 Å². The van der Waals surface area contributed by atoms with Gasteiger partial charge in [0.1, 0.15) is 0 Å². The van der Waals surface area contributed by atoms with Crippen LogP contribution in [0.1, 0.15) is 30.5 Å². The predicted molar refractivity (Wildman–Crippen MR) is 113 cm³/mol. The Morgan fingerprint density at radius 1 is 1.11 bits per heavy atom. The van der Waals surface area contributed by atoms with Crippen LogP contribution in [0.4, 0.5) is 10.8 Å². The molecule has 2 aromatic heterocycles. The average molecular weight is 423 g/mol. The van der Waals surface area contributed by atoms with Gasteiger partial charge in [0, 0.05) is 17.6 Å². The second kappa shape index (κ2) is 8.47. The Kier molecular flexibility index (Phi) is 6.25. The number of sulfonamides is 1. The van der Waals surface area contributed by atoms with E-state index >= 15 is 0 Å². The fourth-order valence-corrected chi connectivity index (χ4v) is 5.26. The maximum atomic E-state index is 12.2. The molecule has 6 nitrogen and oxygen atoms in total. The van der Waals surface area contributed by atoms with Gasteiger partial charge in [-0.1, -0.05) is 13.3 Å². The summed E-state index contributed by atoms with van der Waals surface area (Å²) in [6.07, 6.45) is 1.77. The second-order valence-electron chi connectivity index (χ2n) is 6.09. The highest BCUT2D eigenvalue weighted by Crippen LogP contribution is 2.33. The number of aromatic nitrogens is 2. The zero-order valence-electron chi connectivity index (χ0n) is 15.4. The molecular formula is C18H22N4O2S3. The van der Waals surface area contributed by atoms with Crippen LogP contribution in [0.5, 0.6) is 0 Å². The number of rotatable bonds is 8. The molecule has 2 heterocycles. The zero-order chi connectivity index (χ0) is 19.4. The fraction of sp³-hybridized carbons (Fsp3) is 0.333. The summed E-state index contributed by atoms with van der Waals surface area (Å²) >= 11 is 3.14. The van der Waals surface area contributed by atoms with Gasteiger partial charge >= 0.3 is 0 Å². The second-order valence-corrected chi connectivity index (χ2v) is 9.91. The third-order valence-corrected chi connectivity index (χ3v) is 7.21. The van der Waals surface area contributed by atoms with Crippen molar-refractivity contribution in [2.24, 2.45) is 0 Å². The minimum Gasteiger partial charge on any atom is -0.332 e. The summed E-state index contributed by atoms with van der Waals surface area (Å²) in [6.45, 7) is 6.45. The van der Waals surface area contributed by atoms with Gasteiger partial charge in [0.25, 0.3) is 0 Å². The van der Waals surface area contributed by atoms with E-state index in [-0.39, 0.29) is 4.90 Å². The number of aryl methyl sites for hydroxylation is 2. The number of benzene rings is 1. The first-order chi connectivity index (χ1) is 12.9. The van der Waals surface area contributed by atoms with Crippen LogP contribution >= 0.6 is 22.7 Å². The van der Waals surface area contributed by atoms with Gasteiger partial charge in [-0.15, -0.1) is 22.7 Å². The first-order valence-electron chi connectivity index (χ1n) is 8.65. The molecule has 0 atom stereocenters. The molecule has 3 rings (SSSR count). The molecule has 27 heavy (non-hydrogen) atoms. The predicted octanol–water partition coefficient (Wildman–Crippen LogP) is 4.71. The van der Waals surface area contributed by atoms with Gasteiger partial charge in [0.2, 0.25) is 10.0 Å². The molecule has 0 saturated heterocycles. The molecule has 0 fully saturated rings. The number of anilines is 2. The Morgan fingerprint density at radius 2 is 1.85 bits per heavy atom. The molecule has 0 unspecified atom stereocenters. The van der Waals surface area contributed by atoms with Gasteiger partial charge in [0.05, 0.1) is 26.2 Å². The molecule has 9 heteroatoms. The van der Waals surface area contributed by atoms with Crippen molar-refractivity contribution in [2.75, 3.05) is 11.9 Å². The summed E-state index contributed by atoms with van der Waals surface area (Å²) in [4.78, 5) is 10.4. The summed E-state index contributed by atoms with van der Waals surface area (Å²) < 4.78 is 27.1.